The molecule has 0 bridgehead atoms. The van der Waals surface area contributed by atoms with E-state index < -0.39 is 0 Å². The smallest absolute Gasteiger partial charge is 0.0812 e. The van der Waals surface area contributed by atoms with Crippen molar-refractivity contribution in [2.24, 2.45) is 0 Å². The molecule has 1 aromatic heterocycles. The van der Waals surface area contributed by atoms with E-state index >= 15 is 0 Å². The summed E-state index contributed by atoms with van der Waals surface area (Å²) >= 11 is 0. The van der Waals surface area contributed by atoms with Crippen molar-refractivity contribution >= 4 is 5.70 Å². The van der Waals surface area contributed by atoms with Crippen LogP contribution in [0.2, 0.25) is 0 Å². The minimum atomic E-state index is 0.992. The molecular weight excluding hydrogens is 150 g/mol. The molecule has 2 heterocycles. The molecule has 0 saturated carbocycles. The maximum atomic E-state index is 3.87. The van der Waals surface area contributed by atoms with Gasteiger partial charge >= 0.3 is 0 Å². The molecule has 0 aromatic carbocycles. The lowest BCUT2D eigenvalue weighted by atomic mass is 10.3. The second-order valence-electron chi connectivity index (χ2n) is 2.44. The number of H-pyrrole nitrogens is 1. The van der Waals surface area contributed by atoms with E-state index in [-0.39, 0.29) is 0 Å². The summed E-state index contributed by atoms with van der Waals surface area (Å²) in [5, 5.41) is 9.89. The molecule has 1 aromatic rings. The third-order valence-electron chi connectivity index (χ3n) is 1.61. The molecule has 60 valence electrons. The second kappa shape index (κ2) is 3.09. The van der Waals surface area contributed by atoms with Crippen molar-refractivity contribution in [2.45, 2.75) is 0 Å². The molecule has 2 N–H and O–H groups in total. The Balaban J connectivity index is 2.30. The maximum absolute atomic E-state index is 3.87. The van der Waals surface area contributed by atoms with Gasteiger partial charge in [0.05, 0.1) is 11.4 Å². The van der Waals surface area contributed by atoms with Gasteiger partial charge in [-0.15, -0.1) is 0 Å². The van der Waals surface area contributed by atoms with Crippen LogP contribution in [0.1, 0.15) is 5.69 Å². The van der Waals surface area contributed by atoms with Gasteiger partial charge in [0, 0.05) is 12.4 Å². The van der Waals surface area contributed by atoms with Crippen LogP contribution in [-0.2, 0) is 0 Å². The summed E-state index contributed by atoms with van der Waals surface area (Å²) in [5.41, 5.74) is 2.02. The van der Waals surface area contributed by atoms with E-state index in [2.05, 4.69) is 15.5 Å². The first-order valence-corrected chi connectivity index (χ1v) is 3.76. The highest BCUT2D eigenvalue weighted by atomic mass is 15.1. The van der Waals surface area contributed by atoms with Crippen LogP contribution >= 0.6 is 0 Å². The van der Waals surface area contributed by atoms with Crippen molar-refractivity contribution in [3.63, 3.8) is 0 Å². The molecular formula is C9H9N3. The highest BCUT2D eigenvalue weighted by molar-refractivity contribution is 5.63. The molecule has 0 amide bonds. The molecule has 0 atom stereocenters. The zero-order valence-corrected chi connectivity index (χ0v) is 6.49. The lowest BCUT2D eigenvalue weighted by molar-refractivity contribution is 1.05. The highest BCUT2D eigenvalue weighted by Gasteiger charge is 1.99. The van der Waals surface area contributed by atoms with Crippen molar-refractivity contribution in [1.82, 2.24) is 15.5 Å². The first-order chi connectivity index (χ1) is 5.97. The van der Waals surface area contributed by atoms with Gasteiger partial charge in [0.1, 0.15) is 0 Å². The number of nitrogens with zero attached hydrogens (tertiary/aromatic N) is 1. The van der Waals surface area contributed by atoms with Crippen LogP contribution in [0.15, 0.2) is 42.8 Å². The molecule has 0 saturated heterocycles. The van der Waals surface area contributed by atoms with E-state index in [1.807, 2.05) is 36.6 Å². The number of hydrogen-bond donors (Lipinski definition) is 2. The standard InChI is InChI=1S/C9H9N3/c1-2-4-8(10-6-3-1)9-5-7-11-12-9/h1-7,10H,(H,11,12). The van der Waals surface area contributed by atoms with E-state index in [1.54, 1.807) is 6.20 Å². The first-order valence-electron chi connectivity index (χ1n) is 3.76. The Kier molecular flexibility index (Phi) is 1.78. The number of nitrogens with one attached hydrogen (secondary N) is 2. The molecule has 0 unspecified atom stereocenters. The zero-order chi connectivity index (χ0) is 8.23. The number of hydrogen-bond acceptors (Lipinski definition) is 2. The Bertz CT molecular complexity index is 331. The van der Waals surface area contributed by atoms with Gasteiger partial charge in [-0.2, -0.15) is 5.10 Å². The predicted molar refractivity (Wildman–Crippen MR) is 48.0 cm³/mol. The van der Waals surface area contributed by atoms with E-state index in [9.17, 15) is 0 Å². The maximum Gasteiger partial charge on any atom is 0.0812 e. The second-order valence-corrected chi connectivity index (χ2v) is 2.44. The summed E-state index contributed by atoms with van der Waals surface area (Å²) in [6.07, 6.45) is 11.5. The van der Waals surface area contributed by atoms with Gasteiger partial charge in [-0.05, 0) is 18.2 Å². The van der Waals surface area contributed by atoms with E-state index in [4.69, 9.17) is 0 Å². The monoisotopic (exact) mass is 159 g/mol. The number of aromatic nitrogens is 2. The molecule has 12 heavy (non-hydrogen) atoms. The Morgan fingerprint density at radius 1 is 1.17 bits per heavy atom. The Hall–Kier alpha value is -1.77. The largest absolute Gasteiger partial charge is 0.360 e. The summed E-state index contributed by atoms with van der Waals surface area (Å²) in [7, 11) is 0. The van der Waals surface area contributed by atoms with E-state index in [0.29, 0.717) is 0 Å². The van der Waals surface area contributed by atoms with Gasteiger partial charge in [0.25, 0.3) is 0 Å². The first kappa shape index (κ1) is 6.91. The van der Waals surface area contributed by atoms with Crippen LogP contribution in [0.3, 0.4) is 0 Å². The minimum absolute atomic E-state index is 0.992. The SMILES string of the molecule is C1=CC=C(c2ccn[nH]2)NC=C1. The van der Waals surface area contributed by atoms with Gasteiger partial charge in [0.2, 0.25) is 0 Å². The molecule has 1 aliphatic rings. The molecule has 1 aliphatic heterocycles. The molecule has 2 rings (SSSR count). The average Bonchev–Trinajstić information content (AvgIpc) is 2.48. The lowest BCUT2D eigenvalue weighted by Crippen LogP contribution is -2.02. The topological polar surface area (TPSA) is 40.7 Å². The van der Waals surface area contributed by atoms with Crippen molar-refractivity contribution in [1.29, 1.82) is 0 Å². The average molecular weight is 159 g/mol. The summed E-state index contributed by atoms with van der Waals surface area (Å²) in [6, 6.07) is 1.92. The lowest BCUT2D eigenvalue weighted by Gasteiger charge is -2.01. The van der Waals surface area contributed by atoms with Crippen LogP contribution in [0.4, 0.5) is 0 Å². The van der Waals surface area contributed by atoms with Gasteiger partial charge < -0.3 is 5.32 Å². The molecule has 0 spiro atoms. The van der Waals surface area contributed by atoms with Gasteiger partial charge in [-0.1, -0.05) is 12.2 Å². The van der Waals surface area contributed by atoms with Crippen LogP contribution in [0, 0.1) is 0 Å². The normalized spacial score (nSPS) is 15.2. The fraction of sp³-hybridized carbons (Fsp3) is 0. The third-order valence-corrected chi connectivity index (χ3v) is 1.61. The van der Waals surface area contributed by atoms with Gasteiger partial charge in [-0.25, -0.2) is 0 Å². The summed E-state index contributed by atoms with van der Waals surface area (Å²) in [4.78, 5) is 0. The van der Waals surface area contributed by atoms with Crippen molar-refractivity contribution in [2.75, 3.05) is 0 Å². The van der Waals surface area contributed by atoms with Gasteiger partial charge in [0.15, 0.2) is 0 Å². The molecule has 3 nitrogen and oxygen atoms in total. The van der Waals surface area contributed by atoms with Crippen LogP contribution in [-0.4, -0.2) is 10.2 Å². The number of allylic oxidation sites excluding steroid dienone is 4. The van der Waals surface area contributed by atoms with Crippen LogP contribution < -0.4 is 5.32 Å². The fourth-order valence-corrected chi connectivity index (χ4v) is 1.03. The summed E-state index contributed by atoms with van der Waals surface area (Å²) in [6.45, 7) is 0. The summed E-state index contributed by atoms with van der Waals surface area (Å²) < 4.78 is 0. The summed E-state index contributed by atoms with van der Waals surface area (Å²) in [5.74, 6) is 0. The van der Waals surface area contributed by atoms with Crippen molar-refractivity contribution in [3.8, 4) is 0 Å². The number of aromatic amines is 1. The Morgan fingerprint density at radius 3 is 3.00 bits per heavy atom. The molecule has 3 heteroatoms. The Morgan fingerprint density at radius 2 is 2.17 bits per heavy atom. The third kappa shape index (κ3) is 1.29. The van der Waals surface area contributed by atoms with Gasteiger partial charge in [-0.3, -0.25) is 5.10 Å². The Labute approximate surface area is 70.5 Å². The van der Waals surface area contributed by atoms with Crippen molar-refractivity contribution in [3.05, 3.63) is 48.5 Å². The fourth-order valence-electron chi connectivity index (χ4n) is 1.03. The van der Waals surface area contributed by atoms with E-state index in [0.717, 1.165) is 11.4 Å². The van der Waals surface area contributed by atoms with E-state index in [1.165, 1.54) is 0 Å². The molecule has 0 fully saturated rings. The van der Waals surface area contributed by atoms with Crippen LogP contribution in [0.25, 0.3) is 5.70 Å². The highest BCUT2D eigenvalue weighted by Crippen LogP contribution is 2.08. The van der Waals surface area contributed by atoms with Crippen molar-refractivity contribution < 1.29 is 0 Å². The minimum Gasteiger partial charge on any atom is -0.360 e. The zero-order valence-electron chi connectivity index (χ0n) is 6.49. The van der Waals surface area contributed by atoms with Crippen LogP contribution in [0.5, 0.6) is 0 Å². The molecule has 0 aliphatic carbocycles. The quantitative estimate of drug-likeness (QED) is 0.650. The number of rotatable bonds is 1. The molecule has 0 radical (unpaired) electrons. The predicted octanol–water partition coefficient (Wildman–Crippen LogP) is 1.42.